The van der Waals surface area contributed by atoms with Crippen molar-refractivity contribution in [2.75, 3.05) is 5.32 Å². The fraction of sp³-hybridized carbons (Fsp3) is 0.368. The summed E-state index contributed by atoms with van der Waals surface area (Å²) in [6.07, 6.45) is 3.38. The highest BCUT2D eigenvalue weighted by atomic mass is 32.1. The molecule has 2 amide bonds. The number of thiophene rings is 1. The van der Waals surface area contributed by atoms with Crippen molar-refractivity contribution in [3.63, 3.8) is 0 Å². The number of anilines is 1. The molecule has 3 unspecified atom stereocenters. The maximum atomic E-state index is 12.5. The largest absolute Gasteiger partial charge is 0.447 e. The van der Waals surface area contributed by atoms with Crippen LogP contribution in [-0.4, -0.2) is 29.9 Å². The molecule has 136 valence electrons. The number of carbonyl (C=O) groups excluding carboxylic acids is 2. The molecule has 7 heteroatoms. The predicted octanol–water partition coefficient (Wildman–Crippen LogP) is 3.12. The van der Waals surface area contributed by atoms with Crippen molar-refractivity contribution in [3.8, 4) is 10.8 Å². The fourth-order valence-electron chi connectivity index (χ4n) is 3.65. The zero-order valence-electron chi connectivity index (χ0n) is 14.5. The van der Waals surface area contributed by atoms with Crippen LogP contribution in [0.25, 0.3) is 0 Å². The molecule has 3 heterocycles. The molecule has 4 rings (SSSR count). The Labute approximate surface area is 155 Å². The molecule has 3 atom stereocenters. The van der Waals surface area contributed by atoms with E-state index in [2.05, 4.69) is 16.0 Å². The van der Waals surface area contributed by atoms with Gasteiger partial charge in [-0.2, -0.15) is 0 Å². The second-order valence-corrected chi connectivity index (χ2v) is 7.84. The van der Waals surface area contributed by atoms with E-state index < -0.39 is 0 Å². The van der Waals surface area contributed by atoms with Crippen molar-refractivity contribution in [3.05, 3.63) is 41.3 Å². The summed E-state index contributed by atoms with van der Waals surface area (Å²) in [6, 6.07) is 11.9. The Bertz CT molecular complexity index is 818. The van der Waals surface area contributed by atoms with Gasteiger partial charge < -0.3 is 20.7 Å². The molecule has 26 heavy (non-hydrogen) atoms. The van der Waals surface area contributed by atoms with Crippen molar-refractivity contribution < 1.29 is 14.3 Å². The molecule has 2 bridgehead atoms. The zero-order chi connectivity index (χ0) is 18.1. The van der Waals surface area contributed by atoms with Gasteiger partial charge in [0, 0.05) is 30.7 Å². The van der Waals surface area contributed by atoms with Gasteiger partial charge in [-0.25, -0.2) is 0 Å². The van der Waals surface area contributed by atoms with Crippen LogP contribution in [0.5, 0.6) is 10.8 Å². The van der Waals surface area contributed by atoms with Gasteiger partial charge in [0.25, 0.3) is 5.91 Å². The Morgan fingerprint density at radius 3 is 2.62 bits per heavy atom. The lowest BCUT2D eigenvalue weighted by Crippen LogP contribution is -2.42. The molecule has 2 saturated heterocycles. The first-order chi connectivity index (χ1) is 12.6. The molecule has 2 aliphatic rings. The van der Waals surface area contributed by atoms with E-state index in [1.807, 2.05) is 0 Å². The van der Waals surface area contributed by atoms with Gasteiger partial charge in [0.2, 0.25) is 5.91 Å². The maximum absolute atomic E-state index is 12.5. The number of carbonyl (C=O) groups is 2. The number of amides is 2. The van der Waals surface area contributed by atoms with Gasteiger partial charge in [0.15, 0.2) is 5.06 Å². The molecule has 3 N–H and O–H groups in total. The molecule has 2 aliphatic heterocycles. The number of rotatable bonds is 5. The average molecular weight is 371 g/mol. The first-order valence-electron chi connectivity index (χ1n) is 8.79. The molecule has 0 spiro atoms. The lowest BCUT2D eigenvalue weighted by atomic mass is 9.95. The summed E-state index contributed by atoms with van der Waals surface area (Å²) in [5.74, 6) is 0.508. The van der Waals surface area contributed by atoms with Crippen LogP contribution in [0.15, 0.2) is 36.4 Å². The minimum absolute atomic E-state index is 0.0368. The van der Waals surface area contributed by atoms with Crippen LogP contribution in [0.2, 0.25) is 0 Å². The third-order valence-electron chi connectivity index (χ3n) is 4.81. The van der Waals surface area contributed by atoms with Crippen LogP contribution in [0.1, 0.15) is 35.9 Å². The minimum Gasteiger partial charge on any atom is -0.447 e. The van der Waals surface area contributed by atoms with E-state index in [-0.39, 0.29) is 17.9 Å². The van der Waals surface area contributed by atoms with Crippen molar-refractivity contribution in [1.82, 2.24) is 10.6 Å². The topological polar surface area (TPSA) is 79.5 Å². The summed E-state index contributed by atoms with van der Waals surface area (Å²) < 4.78 is 5.80. The number of hydrogen-bond donors (Lipinski definition) is 3. The molecular weight excluding hydrogens is 350 g/mol. The van der Waals surface area contributed by atoms with Crippen LogP contribution in [-0.2, 0) is 4.79 Å². The van der Waals surface area contributed by atoms with Crippen LogP contribution >= 0.6 is 11.3 Å². The summed E-state index contributed by atoms with van der Waals surface area (Å²) >= 11 is 1.33. The van der Waals surface area contributed by atoms with E-state index in [1.54, 1.807) is 36.4 Å². The van der Waals surface area contributed by atoms with Gasteiger partial charge >= 0.3 is 0 Å². The maximum Gasteiger partial charge on any atom is 0.261 e. The summed E-state index contributed by atoms with van der Waals surface area (Å²) in [6.45, 7) is 1.47. The van der Waals surface area contributed by atoms with Crippen LogP contribution in [0.3, 0.4) is 0 Å². The SMILES string of the molecule is CC(=O)Nc1ccc(Oc2ccc(C(=O)NC3CC4CCC3N4)s2)cc1. The molecule has 2 aromatic rings. The highest BCUT2D eigenvalue weighted by Crippen LogP contribution is 2.32. The van der Waals surface area contributed by atoms with Crippen LogP contribution in [0.4, 0.5) is 5.69 Å². The second kappa shape index (κ2) is 7.09. The molecule has 2 fully saturated rings. The number of hydrogen-bond acceptors (Lipinski definition) is 5. The summed E-state index contributed by atoms with van der Waals surface area (Å²) in [5.41, 5.74) is 0.718. The van der Waals surface area contributed by atoms with Crippen LogP contribution in [0, 0.1) is 0 Å². The second-order valence-electron chi connectivity index (χ2n) is 6.79. The monoisotopic (exact) mass is 371 g/mol. The molecule has 1 aromatic carbocycles. The zero-order valence-corrected chi connectivity index (χ0v) is 15.3. The van der Waals surface area contributed by atoms with Gasteiger partial charge in [-0.05, 0) is 55.7 Å². The molecule has 6 nitrogen and oxygen atoms in total. The summed E-state index contributed by atoms with van der Waals surface area (Å²) in [4.78, 5) is 24.2. The van der Waals surface area contributed by atoms with E-state index in [1.165, 1.54) is 24.7 Å². The normalized spacial score (nSPS) is 23.7. The van der Waals surface area contributed by atoms with Gasteiger partial charge in [0.1, 0.15) is 5.75 Å². The van der Waals surface area contributed by atoms with E-state index >= 15 is 0 Å². The highest BCUT2D eigenvalue weighted by molar-refractivity contribution is 7.15. The fourth-order valence-corrected chi connectivity index (χ4v) is 4.42. The predicted molar refractivity (Wildman–Crippen MR) is 101 cm³/mol. The Morgan fingerprint density at radius 2 is 1.96 bits per heavy atom. The number of ether oxygens (including phenoxy) is 1. The van der Waals surface area contributed by atoms with Gasteiger partial charge in [0.05, 0.1) is 4.88 Å². The Hall–Kier alpha value is -2.38. The van der Waals surface area contributed by atoms with Crippen molar-refractivity contribution in [1.29, 1.82) is 0 Å². The van der Waals surface area contributed by atoms with Gasteiger partial charge in [-0.15, -0.1) is 0 Å². The van der Waals surface area contributed by atoms with E-state index in [9.17, 15) is 9.59 Å². The Balaban J connectivity index is 1.35. The van der Waals surface area contributed by atoms with Crippen LogP contribution < -0.4 is 20.7 Å². The van der Waals surface area contributed by atoms with Gasteiger partial charge in [-0.3, -0.25) is 9.59 Å². The van der Waals surface area contributed by atoms with Gasteiger partial charge in [-0.1, -0.05) is 11.3 Å². The standard InChI is InChI=1S/C19H21N3O3S/c1-11(23)20-12-2-5-14(6-3-12)25-18-9-8-17(26-18)19(24)22-16-10-13-4-7-15(16)21-13/h2-3,5-6,8-9,13,15-16,21H,4,7,10H2,1H3,(H,20,23)(H,22,24). The lowest BCUT2D eigenvalue weighted by Gasteiger charge is -2.20. The third-order valence-corrected chi connectivity index (χ3v) is 5.78. The molecule has 1 aromatic heterocycles. The number of fused-ring (bicyclic) bond motifs is 2. The number of benzene rings is 1. The summed E-state index contributed by atoms with van der Waals surface area (Å²) in [5, 5.41) is 10.0. The first kappa shape index (κ1) is 17.1. The molecule has 0 aliphatic carbocycles. The van der Waals surface area contributed by atoms with E-state index in [4.69, 9.17) is 4.74 Å². The van der Waals surface area contributed by atoms with Crippen molar-refractivity contribution in [2.24, 2.45) is 0 Å². The average Bonchev–Trinajstić information content (AvgIpc) is 3.33. The van der Waals surface area contributed by atoms with Crippen molar-refractivity contribution in [2.45, 2.75) is 44.3 Å². The van der Waals surface area contributed by atoms with Crippen molar-refractivity contribution >= 4 is 28.8 Å². The lowest BCUT2D eigenvalue weighted by molar-refractivity contribution is -0.114. The van der Waals surface area contributed by atoms with E-state index in [0.717, 1.165) is 18.5 Å². The Morgan fingerprint density at radius 1 is 1.15 bits per heavy atom. The summed E-state index contributed by atoms with van der Waals surface area (Å²) in [7, 11) is 0. The Kier molecular flexibility index (Phi) is 4.65. The third kappa shape index (κ3) is 3.73. The molecule has 0 radical (unpaired) electrons. The quantitative estimate of drug-likeness (QED) is 0.754. The first-order valence-corrected chi connectivity index (χ1v) is 9.61. The molecule has 0 saturated carbocycles. The smallest absolute Gasteiger partial charge is 0.261 e. The molecular formula is C19H21N3O3S. The highest BCUT2D eigenvalue weighted by Gasteiger charge is 2.39. The number of nitrogens with one attached hydrogen (secondary N) is 3. The van der Waals surface area contributed by atoms with E-state index in [0.29, 0.717) is 27.8 Å². The minimum atomic E-state index is -0.113.